The van der Waals surface area contributed by atoms with E-state index in [1.54, 1.807) is 60.5 Å². The lowest BCUT2D eigenvalue weighted by Crippen LogP contribution is -2.29. The molecule has 2 aromatic carbocycles. The highest BCUT2D eigenvalue weighted by Gasteiger charge is 2.20. The molecule has 0 saturated carbocycles. The van der Waals surface area contributed by atoms with E-state index >= 15 is 0 Å². The van der Waals surface area contributed by atoms with Gasteiger partial charge in [-0.2, -0.15) is 0 Å². The molecule has 0 saturated heterocycles. The molecule has 3 aromatic rings. The van der Waals surface area contributed by atoms with Gasteiger partial charge in [-0.05, 0) is 42.0 Å². The molecular weight excluding hydrogens is 381 g/mol. The Bertz CT molecular complexity index is 999. The van der Waals surface area contributed by atoms with E-state index in [0.29, 0.717) is 22.2 Å². The van der Waals surface area contributed by atoms with Crippen molar-refractivity contribution in [2.24, 2.45) is 7.05 Å². The van der Waals surface area contributed by atoms with Crippen LogP contribution >= 0.6 is 11.6 Å². The van der Waals surface area contributed by atoms with Crippen LogP contribution in [0.5, 0.6) is 5.75 Å². The number of methoxy groups -OCH3 is 1. The topological polar surface area (TPSA) is 56.1 Å². The highest BCUT2D eigenvalue weighted by atomic mass is 35.5. The number of rotatable bonds is 6. The zero-order valence-corrected chi connectivity index (χ0v) is 16.2. The van der Waals surface area contributed by atoms with Crippen LogP contribution in [0.15, 0.2) is 60.9 Å². The first-order valence-corrected chi connectivity index (χ1v) is 8.90. The Morgan fingerprint density at radius 1 is 1.29 bits per heavy atom. The van der Waals surface area contributed by atoms with Crippen molar-refractivity contribution in [2.75, 3.05) is 7.11 Å². The number of carbonyl (C=O) groups excluding carboxylic acids is 1. The summed E-state index contributed by atoms with van der Waals surface area (Å²) < 4.78 is 20.4. The molecule has 0 bridgehead atoms. The molecule has 7 heteroatoms. The largest absolute Gasteiger partial charge is 0.496 e. The minimum absolute atomic E-state index is 0.334. The third-order valence-electron chi connectivity index (χ3n) is 4.21. The number of ether oxygens (including phenoxy) is 1. The highest BCUT2D eigenvalue weighted by Crippen LogP contribution is 2.24. The van der Waals surface area contributed by atoms with Gasteiger partial charge in [0, 0.05) is 36.1 Å². The molecule has 144 valence electrons. The molecule has 1 N–H and O–H groups in total. The number of amides is 1. The molecule has 0 aliphatic rings. The Hall–Kier alpha value is -3.12. The standard InChI is InChI=1S/C21H19ClFN3O2/c1-26-12-11-24-21(26)20(14-3-7-17(23)8-4-14)25-19(27)10-5-15-13-16(22)6-9-18(15)28-2/h3-13,20H,1-2H3,(H,25,27)/b10-5+. The number of aromatic nitrogens is 2. The number of nitrogens with one attached hydrogen (secondary N) is 1. The number of aryl methyl sites for hydroxylation is 1. The summed E-state index contributed by atoms with van der Waals surface area (Å²) in [6.45, 7) is 0. The van der Waals surface area contributed by atoms with Gasteiger partial charge in [0.15, 0.2) is 0 Å². The predicted octanol–water partition coefficient (Wildman–Crippen LogP) is 4.14. The zero-order valence-electron chi connectivity index (χ0n) is 15.4. The van der Waals surface area contributed by atoms with Crippen molar-refractivity contribution in [3.05, 3.63) is 88.7 Å². The van der Waals surface area contributed by atoms with Crippen LogP contribution in [-0.2, 0) is 11.8 Å². The van der Waals surface area contributed by atoms with Gasteiger partial charge in [0.25, 0.3) is 0 Å². The van der Waals surface area contributed by atoms with Gasteiger partial charge in [-0.15, -0.1) is 0 Å². The molecule has 1 amide bonds. The van der Waals surface area contributed by atoms with Crippen molar-refractivity contribution in [3.63, 3.8) is 0 Å². The van der Waals surface area contributed by atoms with Crippen LogP contribution in [0.2, 0.25) is 5.02 Å². The summed E-state index contributed by atoms with van der Waals surface area (Å²) in [6, 6.07) is 10.6. The predicted molar refractivity (Wildman–Crippen MR) is 107 cm³/mol. The summed E-state index contributed by atoms with van der Waals surface area (Å²) in [4.78, 5) is 16.9. The first kappa shape index (κ1) is 19.6. The molecule has 5 nitrogen and oxygen atoms in total. The maximum Gasteiger partial charge on any atom is 0.244 e. The van der Waals surface area contributed by atoms with Crippen LogP contribution in [0.1, 0.15) is 23.0 Å². The maximum atomic E-state index is 13.3. The SMILES string of the molecule is COc1ccc(Cl)cc1/C=C/C(=O)NC(c1ccc(F)cc1)c1nccn1C. The van der Waals surface area contributed by atoms with Crippen molar-refractivity contribution in [1.29, 1.82) is 0 Å². The summed E-state index contributed by atoms with van der Waals surface area (Å²) in [7, 11) is 3.38. The molecule has 3 rings (SSSR count). The third kappa shape index (κ3) is 4.58. The van der Waals surface area contributed by atoms with Crippen LogP contribution in [0.25, 0.3) is 6.08 Å². The highest BCUT2D eigenvalue weighted by molar-refractivity contribution is 6.30. The second kappa shape index (κ2) is 8.71. The second-order valence-corrected chi connectivity index (χ2v) is 6.55. The minimum Gasteiger partial charge on any atom is -0.496 e. The summed E-state index contributed by atoms with van der Waals surface area (Å²) >= 11 is 6.02. The smallest absolute Gasteiger partial charge is 0.244 e. The molecule has 28 heavy (non-hydrogen) atoms. The summed E-state index contributed by atoms with van der Waals surface area (Å²) in [5.41, 5.74) is 1.40. The van der Waals surface area contributed by atoms with Gasteiger partial charge < -0.3 is 14.6 Å². The molecule has 1 atom stereocenters. The molecule has 1 heterocycles. The van der Waals surface area contributed by atoms with E-state index < -0.39 is 6.04 Å². The van der Waals surface area contributed by atoms with Crippen molar-refractivity contribution in [1.82, 2.24) is 14.9 Å². The first-order valence-electron chi connectivity index (χ1n) is 8.52. The van der Waals surface area contributed by atoms with E-state index in [9.17, 15) is 9.18 Å². The fourth-order valence-corrected chi connectivity index (χ4v) is 2.98. The molecule has 0 spiro atoms. The second-order valence-electron chi connectivity index (χ2n) is 6.11. The van der Waals surface area contributed by atoms with Crippen LogP contribution in [0, 0.1) is 5.82 Å². The lowest BCUT2D eigenvalue weighted by molar-refractivity contribution is -0.117. The number of halogens is 2. The molecule has 1 unspecified atom stereocenters. The van der Waals surface area contributed by atoms with Crippen molar-refractivity contribution in [2.45, 2.75) is 6.04 Å². The number of nitrogens with zero attached hydrogens (tertiary/aromatic N) is 2. The molecular formula is C21H19ClFN3O2. The Morgan fingerprint density at radius 2 is 2.04 bits per heavy atom. The number of carbonyl (C=O) groups is 1. The Balaban J connectivity index is 1.85. The van der Waals surface area contributed by atoms with Crippen LogP contribution in [-0.4, -0.2) is 22.6 Å². The van der Waals surface area contributed by atoms with E-state index in [2.05, 4.69) is 10.3 Å². The number of hydrogen-bond acceptors (Lipinski definition) is 3. The average Bonchev–Trinajstić information content (AvgIpc) is 3.11. The van der Waals surface area contributed by atoms with E-state index in [4.69, 9.17) is 16.3 Å². The summed E-state index contributed by atoms with van der Waals surface area (Å²) in [6.07, 6.45) is 6.45. The zero-order chi connectivity index (χ0) is 20.1. The average molecular weight is 400 g/mol. The third-order valence-corrected chi connectivity index (χ3v) is 4.45. The Kier molecular flexibility index (Phi) is 6.11. The maximum absolute atomic E-state index is 13.3. The first-order chi connectivity index (χ1) is 13.5. The normalized spacial score (nSPS) is 12.1. The van der Waals surface area contributed by atoms with Gasteiger partial charge in [-0.3, -0.25) is 4.79 Å². The molecule has 0 radical (unpaired) electrons. The van der Waals surface area contributed by atoms with E-state index in [1.165, 1.54) is 18.2 Å². The quantitative estimate of drug-likeness (QED) is 0.634. The number of imidazole rings is 1. The van der Waals surface area contributed by atoms with Crippen molar-refractivity contribution >= 4 is 23.6 Å². The van der Waals surface area contributed by atoms with Gasteiger partial charge in [0.05, 0.1) is 7.11 Å². The number of hydrogen-bond donors (Lipinski definition) is 1. The fraction of sp³-hybridized carbons (Fsp3) is 0.143. The Labute approximate surface area is 167 Å². The van der Waals surface area contributed by atoms with Gasteiger partial charge in [-0.25, -0.2) is 9.37 Å². The molecule has 0 aliphatic heterocycles. The van der Waals surface area contributed by atoms with E-state index in [-0.39, 0.29) is 11.7 Å². The van der Waals surface area contributed by atoms with E-state index in [1.807, 2.05) is 7.05 Å². The van der Waals surface area contributed by atoms with Gasteiger partial charge in [0.1, 0.15) is 23.4 Å². The van der Waals surface area contributed by atoms with Crippen LogP contribution < -0.4 is 10.1 Å². The molecule has 0 fully saturated rings. The van der Waals surface area contributed by atoms with Crippen LogP contribution in [0.3, 0.4) is 0 Å². The molecule has 1 aromatic heterocycles. The van der Waals surface area contributed by atoms with Gasteiger partial charge in [0.2, 0.25) is 5.91 Å². The van der Waals surface area contributed by atoms with Crippen molar-refractivity contribution < 1.29 is 13.9 Å². The number of benzene rings is 2. The lowest BCUT2D eigenvalue weighted by Gasteiger charge is -2.18. The summed E-state index contributed by atoms with van der Waals surface area (Å²) in [5.74, 6) is 0.558. The summed E-state index contributed by atoms with van der Waals surface area (Å²) in [5, 5.41) is 3.45. The van der Waals surface area contributed by atoms with E-state index in [0.717, 1.165) is 5.56 Å². The van der Waals surface area contributed by atoms with Crippen molar-refractivity contribution in [3.8, 4) is 5.75 Å². The lowest BCUT2D eigenvalue weighted by atomic mass is 10.1. The monoisotopic (exact) mass is 399 g/mol. The van der Waals surface area contributed by atoms with Crippen LogP contribution in [0.4, 0.5) is 4.39 Å². The van der Waals surface area contributed by atoms with Gasteiger partial charge in [-0.1, -0.05) is 23.7 Å². The molecule has 0 aliphatic carbocycles. The Morgan fingerprint density at radius 3 is 2.68 bits per heavy atom. The minimum atomic E-state index is -0.529. The fourth-order valence-electron chi connectivity index (χ4n) is 2.80. The van der Waals surface area contributed by atoms with Gasteiger partial charge >= 0.3 is 0 Å².